The van der Waals surface area contributed by atoms with Crippen LogP contribution in [0.1, 0.15) is 106 Å². The van der Waals surface area contributed by atoms with Crippen molar-refractivity contribution in [1.29, 1.82) is 0 Å². The van der Waals surface area contributed by atoms with Crippen LogP contribution in [-0.4, -0.2) is 41.6 Å². The maximum atomic E-state index is 5.87. The van der Waals surface area contributed by atoms with Gasteiger partial charge in [0, 0.05) is 0 Å². The van der Waals surface area contributed by atoms with E-state index in [0.29, 0.717) is 0 Å². The molecule has 276 valence electrons. The van der Waals surface area contributed by atoms with Crippen molar-refractivity contribution in [2.24, 2.45) is 20.0 Å². The summed E-state index contributed by atoms with van der Waals surface area (Å²) in [6.07, 6.45) is 0. The van der Waals surface area contributed by atoms with Crippen molar-refractivity contribution in [2.75, 3.05) is 0 Å². The van der Waals surface area contributed by atoms with Crippen LogP contribution in [0.2, 0.25) is 0 Å². The van der Waals surface area contributed by atoms with Crippen molar-refractivity contribution in [3.05, 3.63) is 123 Å². The number of fused-ring (bicyclic) bond motifs is 12. The minimum absolute atomic E-state index is 0. The van der Waals surface area contributed by atoms with E-state index < -0.39 is 5.91 Å². The van der Waals surface area contributed by atoms with Gasteiger partial charge in [0.1, 0.15) is 0 Å². The van der Waals surface area contributed by atoms with E-state index in [0.717, 1.165) is 67.9 Å². The fourth-order valence-corrected chi connectivity index (χ4v) is 11.5. The molecule has 6 aliphatic heterocycles. The molecule has 0 radical (unpaired) electrons. The second-order valence-corrected chi connectivity index (χ2v) is 17.5. The number of nitrogens with zero attached hydrogens (tertiary/aromatic N) is 8. The number of rotatable bonds is 0. The monoisotopic (exact) mass is 818 g/mol. The van der Waals surface area contributed by atoms with E-state index in [2.05, 4.69) is 128 Å². The Bertz CT molecular complexity index is 3400. The molecule has 4 aromatic carbocycles. The van der Waals surface area contributed by atoms with Crippen LogP contribution in [0.25, 0.3) is 21.5 Å². The summed E-state index contributed by atoms with van der Waals surface area (Å²) in [5.41, 5.74) is 25.3. The summed E-state index contributed by atoms with van der Waals surface area (Å²) in [6, 6.07) is 3.75. The van der Waals surface area contributed by atoms with Crippen LogP contribution in [0.15, 0.2) is 20.0 Å². The van der Waals surface area contributed by atoms with E-state index in [1.165, 1.54) is 105 Å². The Hall–Kier alpha value is -3.95. The van der Waals surface area contributed by atoms with Crippen LogP contribution in [0.3, 0.4) is 0 Å². The topological polar surface area (TPSA) is 65.3 Å². The standard InChI is InChI=1S/C48H45N8.Rb/c1-17-16-18(2)32-33(19(17)3)41-50-43-36-28(12)22(6)23(7)29(13)37(36)45-52-47-39-31(15)25(9)24(8)30(14)38(39)46-51-44-35-27(11)21(5)20(4)26(10)34(35)42-49-40(32)53(41)48(54(42)44,55(43)45)56(46)47;/h1-15H3;/q2*+1. The first-order chi connectivity index (χ1) is 26.6. The molecule has 1 unspecified atom stereocenters. The van der Waals surface area contributed by atoms with Crippen molar-refractivity contribution < 1.29 is 67.3 Å². The number of aryl methyl sites for hydroxylation is 5. The fraction of sp³-hybridized carbons (Fsp3) is 0.333. The maximum absolute atomic E-state index is 5.87. The number of aromatic nitrogens is 2. The predicted molar refractivity (Wildman–Crippen MR) is 223 cm³/mol. The van der Waals surface area contributed by atoms with Gasteiger partial charge in [-0.3, -0.25) is 0 Å². The zero-order chi connectivity index (χ0) is 39.2. The predicted octanol–water partition coefficient (Wildman–Crippen LogP) is 5.14. The van der Waals surface area contributed by atoms with Crippen molar-refractivity contribution in [3.8, 4) is 0 Å². The van der Waals surface area contributed by atoms with Crippen molar-refractivity contribution in [3.63, 3.8) is 0 Å². The molecule has 2 aromatic heterocycles. The first kappa shape index (κ1) is 36.1. The molecule has 0 saturated heterocycles. The van der Waals surface area contributed by atoms with E-state index in [9.17, 15) is 0 Å². The molecule has 8 nitrogen and oxygen atoms in total. The summed E-state index contributed by atoms with van der Waals surface area (Å²) in [7, 11) is 0. The molecule has 12 rings (SSSR count). The number of benzene rings is 4. The second kappa shape index (κ2) is 10.8. The van der Waals surface area contributed by atoms with E-state index >= 15 is 0 Å². The van der Waals surface area contributed by atoms with E-state index in [4.69, 9.17) is 20.0 Å². The van der Waals surface area contributed by atoms with Crippen LogP contribution in [0.4, 0.5) is 11.6 Å². The number of hydrogen-bond acceptors (Lipinski definition) is 4. The summed E-state index contributed by atoms with van der Waals surface area (Å²) < 4.78 is 9.90. The van der Waals surface area contributed by atoms with Gasteiger partial charge in [-0.1, -0.05) is 51.5 Å². The molecule has 1 atom stereocenters. The SMILES string of the molecule is Cc1[c-]c(C)c2c3n4c(c2c1C)=NC1=[N+]2C(=Nc5c6c(C)c(C)c(C)c(C)c6c6n5C42[N+]2=C(N=3)c3c(C)c(C)c(C)c(C)c3C2=N6)c2c(C)c(C)c(C)c(C)c21.[Rb+]. The van der Waals surface area contributed by atoms with Crippen molar-refractivity contribution in [2.45, 2.75) is 110 Å². The smallest absolute Gasteiger partial charge is 0.205 e. The van der Waals surface area contributed by atoms with Gasteiger partial charge in [0.25, 0.3) is 23.3 Å². The molecule has 0 aliphatic carbocycles. The minimum atomic E-state index is -1.04. The maximum Gasteiger partial charge on any atom is 1.00 e. The minimum Gasteiger partial charge on any atom is -0.205 e. The van der Waals surface area contributed by atoms with Gasteiger partial charge in [-0.25, -0.2) is 4.57 Å². The normalized spacial score (nSPS) is 18.4. The van der Waals surface area contributed by atoms with Gasteiger partial charge in [0.05, 0.1) is 33.0 Å². The average Bonchev–Trinajstić information content (AvgIpc) is 3.90. The third kappa shape index (κ3) is 3.53. The van der Waals surface area contributed by atoms with Gasteiger partial charge in [-0.2, -0.15) is 21.8 Å². The second-order valence-electron chi connectivity index (χ2n) is 17.5. The Balaban J connectivity index is 0.00000374. The zero-order valence-corrected chi connectivity index (χ0v) is 41.0. The Kier molecular flexibility index (Phi) is 6.85. The number of aliphatic imine (C=N–C) groups is 2. The van der Waals surface area contributed by atoms with Gasteiger partial charge in [-0.15, -0.1) is 14.7 Å². The molecule has 8 heterocycles. The van der Waals surface area contributed by atoms with Crippen LogP contribution in [0, 0.1) is 110 Å². The summed E-state index contributed by atoms with van der Waals surface area (Å²) in [6.45, 7) is 33.8. The van der Waals surface area contributed by atoms with Gasteiger partial charge < -0.3 is 0 Å². The third-order valence-electron chi connectivity index (χ3n) is 15.5. The fourth-order valence-electron chi connectivity index (χ4n) is 11.5. The summed E-state index contributed by atoms with van der Waals surface area (Å²) >= 11 is 0. The number of hydrogen-bond donors (Lipinski definition) is 0. The molecule has 0 bridgehead atoms. The molecule has 6 aliphatic rings. The van der Waals surface area contributed by atoms with Crippen LogP contribution in [-0.2, 0) is 5.91 Å². The van der Waals surface area contributed by atoms with Crippen LogP contribution >= 0.6 is 0 Å². The quantitative estimate of drug-likeness (QED) is 0.151. The Morgan fingerprint density at radius 2 is 0.772 bits per heavy atom. The third-order valence-corrected chi connectivity index (χ3v) is 15.5. The van der Waals surface area contributed by atoms with Crippen molar-refractivity contribution >= 4 is 56.5 Å². The average molecular weight is 819 g/mol. The van der Waals surface area contributed by atoms with E-state index in [1.54, 1.807) is 0 Å². The largest absolute Gasteiger partial charge is 1.00 e. The first-order valence-electron chi connectivity index (χ1n) is 20.0. The molecule has 1 spiro atoms. The molecule has 0 fully saturated rings. The Morgan fingerprint density at radius 3 is 1.21 bits per heavy atom. The molecule has 0 amide bonds. The molecule has 6 aromatic rings. The van der Waals surface area contributed by atoms with Crippen LogP contribution in [0.5, 0.6) is 0 Å². The molecule has 0 N–H and O–H groups in total. The van der Waals surface area contributed by atoms with Crippen molar-refractivity contribution in [1.82, 2.24) is 9.13 Å². The van der Waals surface area contributed by atoms with Gasteiger partial charge in [0.15, 0.2) is 5.49 Å². The van der Waals surface area contributed by atoms with E-state index in [1.807, 2.05) is 0 Å². The molecule has 9 heteroatoms. The summed E-state index contributed by atoms with van der Waals surface area (Å²) in [4.78, 5) is 23.4. The Labute approximate surface area is 381 Å². The molecule has 0 saturated carbocycles. The first-order valence-corrected chi connectivity index (χ1v) is 20.0. The van der Waals surface area contributed by atoms with Crippen LogP contribution < -0.4 is 69.2 Å². The summed E-state index contributed by atoms with van der Waals surface area (Å²) in [5, 5.41) is 4.61. The zero-order valence-electron chi connectivity index (χ0n) is 36.1. The van der Waals surface area contributed by atoms with Gasteiger partial charge in [-0.05, 0) is 150 Å². The van der Waals surface area contributed by atoms with E-state index in [-0.39, 0.29) is 58.2 Å². The van der Waals surface area contributed by atoms with Gasteiger partial charge in [0.2, 0.25) is 17.1 Å². The molecular formula is C48H45N8Rb+2. The molecule has 57 heavy (non-hydrogen) atoms. The number of amidine groups is 4. The Morgan fingerprint density at radius 1 is 0.386 bits per heavy atom. The molecular weight excluding hydrogens is 774 g/mol. The summed E-state index contributed by atoms with van der Waals surface area (Å²) in [5.74, 6) is 4.62. The van der Waals surface area contributed by atoms with Gasteiger partial charge >= 0.3 is 64.1 Å².